The van der Waals surface area contributed by atoms with Crippen LogP contribution in [-0.4, -0.2) is 36.4 Å². The molecule has 9 nitrogen and oxygen atoms in total. The fourth-order valence-electron chi connectivity index (χ4n) is 2.60. The molecular weight excluding hydrogens is 382 g/mol. The first-order valence-corrected chi connectivity index (χ1v) is 10.1. The summed E-state index contributed by atoms with van der Waals surface area (Å²) in [7, 11) is -3.80. The molecule has 2 aromatic rings. The van der Waals surface area contributed by atoms with Gasteiger partial charge in [-0.3, -0.25) is 15.5 Å². The SMILES string of the molecule is CCN(CC)S(=O)(=O)c1ccc(N/N=C(/C)c2cccc(N)c2)c([N+](=O)[O-])c1. The normalized spacial score (nSPS) is 12.2. The number of nitrogens with one attached hydrogen (secondary N) is 1. The summed E-state index contributed by atoms with van der Waals surface area (Å²) < 4.78 is 26.5. The molecule has 0 atom stereocenters. The Morgan fingerprint density at radius 3 is 2.46 bits per heavy atom. The molecule has 0 unspecified atom stereocenters. The fraction of sp³-hybridized carbons (Fsp3) is 0.278. The Labute approximate surface area is 164 Å². The lowest BCUT2D eigenvalue weighted by molar-refractivity contribution is -0.384. The lowest BCUT2D eigenvalue weighted by Gasteiger charge is -2.18. The first-order valence-electron chi connectivity index (χ1n) is 8.65. The monoisotopic (exact) mass is 405 g/mol. The number of anilines is 2. The molecule has 0 fully saturated rings. The average molecular weight is 405 g/mol. The van der Waals surface area contributed by atoms with Gasteiger partial charge in [0.05, 0.1) is 15.5 Å². The summed E-state index contributed by atoms with van der Waals surface area (Å²) in [4.78, 5) is 10.7. The van der Waals surface area contributed by atoms with Gasteiger partial charge in [-0.2, -0.15) is 9.41 Å². The number of nitro benzene ring substituents is 1. The zero-order valence-electron chi connectivity index (χ0n) is 15.9. The highest BCUT2D eigenvalue weighted by molar-refractivity contribution is 7.89. The number of nitrogens with zero attached hydrogens (tertiary/aromatic N) is 3. The van der Waals surface area contributed by atoms with Crippen molar-refractivity contribution in [3.63, 3.8) is 0 Å². The molecule has 0 saturated heterocycles. The summed E-state index contributed by atoms with van der Waals surface area (Å²) in [5.74, 6) is 0. The van der Waals surface area contributed by atoms with Gasteiger partial charge in [0.25, 0.3) is 5.69 Å². The molecule has 0 aliphatic carbocycles. The molecule has 0 spiro atoms. The third-order valence-electron chi connectivity index (χ3n) is 4.16. The molecule has 0 saturated carbocycles. The van der Waals surface area contributed by atoms with Crippen LogP contribution in [0.5, 0.6) is 0 Å². The Kier molecular flexibility index (Phi) is 6.71. The van der Waals surface area contributed by atoms with Crippen molar-refractivity contribution in [2.45, 2.75) is 25.7 Å². The summed E-state index contributed by atoms with van der Waals surface area (Å²) in [6, 6.07) is 10.8. The number of hydrazone groups is 1. The average Bonchev–Trinajstić information content (AvgIpc) is 2.66. The van der Waals surface area contributed by atoms with Crippen LogP contribution in [0.1, 0.15) is 26.3 Å². The molecule has 2 rings (SSSR count). The van der Waals surface area contributed by atoms with Crippen molar-refractivity contribution in [3.8, 4) is 0 Å². The van der Waals surface area contributed by atoms with Crippen molar-refractivity contribution in [1.82, 2.24) is 4.31 Å². The van der Waals surface area contributed by atoms with Gasteiger partial charge in [0.1, 0.15) is 5.69 Å². The Morgan fingerprint density at radius 1 is 1.21 bits per heavy atom. The molecule has 0 radical (unpaired) electrons. The van der Waals surface area contributed by atoms with E-state index < -0.39 is 14.9 Å². The van der Waals surface area contributed by atoms with Crippen LogP contribution in [0.2, 0.25) is 0 Å². The molecule has 10 heteroatoms. The van der Waals surface area contributed by atoms with Crippen LogP contribution in [0.15, 0.2) is 52.5 Å². The van der Waals surface area contributed by atoms with E-state index >= 15 is 0 Å². The number of hydrogen-bond donors (Lipinski definition) is 2. The van der Waals surface area contributed by atoms with Crippen LogP contribution in [-0.2, 0) is 10.0 Å². The van der Waals surface area contributed by atoms with E-state index in [1.165, 1.54) is 16.4 Å². The Bertz CT molecular complexity index is 1000. The van der Waals surface area contributed by atoms with Crippen molar-refractivity contribution in [2.75, 3.05) is 24.2 Å². The van der Waals surface area contributed by atoms with Crippen molar-refractivity contribution < 1.29 is 13.3 Å². The zero-order chi connectivity index (χ0) is 20.9. The van der Waals surface area contributed by atoms with Gasteiger partial charge in [-0.05, 0) is 36.8 Å². The molecule has 0 amide bonds. The smallest absolute Gasteiger partial charge is 0.295 e. The van der Waals surface area contributed by atoms with E-state index in [2.05, 4.69) is 10.5 Å². The largest absolute Gasteiger partial charge is 0.399 e. The molecule has 2 aromatic carbocycles. The number of hydrogen-bond acceptors (Lipinski definition) is 7. The highest BCUT2D eigenvalue weighted by atomic mass is 32.2. The molecule has 0 bridgehead atoms. The molecule has 0 heterocycles. The minimum Gasteiger partial charge on any atom is -0.399 e. The highest BCUT2D eigenvalue weighted by Gasteiger charge is 2.25. The maximum Gasteiger partial charge on any atom is 0.295 e. The van der Waals surface area contributed by atoms with Gasteiger partial charge in [0.2, 0.25) is 10.0 Å². The van der Waals surface area contributed by atoms with Crippen LogP contribution < -0.4 is 11.2 Å². The van der Waals surface area contributed by atoms with Gasteiger partial charge in [-0.1, -0.05) is 26.0 Å². The van der Waals surface area contributed by atoms with Crippen LogP contribution in [0.4, 0.5) is 17.1 Å². The second kappa shape index (κ2) is 8.81. The van der Waals surface area contributed by atoms with Crippen LogP contribution in [0, 0.1) is 10.1 Å². The topological polar surface area (TPSA) is 131 Å². The first-order chi connectivity index (χ1) is 13.2. The lowest BCUT2D eigenvalue weighted by Crippen LogP contribution is -2.30. The molecule has 0 aliphatic heterocycles. The second-order valence-corrected chi connectivity index (χ2v) is 7.90. The molecule has 0 aromatic heterocycles. The quantitative estimate of drug-likeness (QED) is 0.300. The summed E-state index contributed by atoms with van der Waals surface area (Å²) in [6.07, 6.45) is 0. The third-order valence-corrected chi connectivity index (χ3v) is 6.20. The van der Waals surface area contributed by atoms with Crippen molar-refractivity contribution in [3.05, 3.63) is 58.1 Å². The number of benzene rings is 2. The fourth-order valence-corrected chi connectivity index (χ4v) is 4.08. The number of nitrogens with two attached hydrogens (primary N) is 1. The molecular formula is C18H23N5O4S. The summed E-state index contributed by atoms with van der Waals surface area (Å²) >= 11 is 0. The maximum atomic E-state index is 12.6. The van der Waals surface area contributed by atoms with E-state index in [0.29, 0.717) is 11.4 Å². The standard InChI is InChI=1S/C18H23N5O4S/c1-4-22(5-2)28(26,27)16-9-10-17(18(12-16)23(24)25)21-20-13(3)14-7-6-8-15(19)11-14/h6-12,21H,4-5,19H2,1-3H3/b20-13-. The predicted molar refractivity (Wildman–Crippen MR) is 110 cm³/mol. The number of nitrogen functional groups attached to an aromatic ring is 1. The zero-order valence-corrected chi connectivity index (χ0v) is 16.7. The van der Waals surface area contributed by atoms with E-state index in [9.17, 15) is 18.5 Å². The van der Waals surface area contributed by atoms with Gasteiger partial charge in [-0.15, -0.1) is 0 Å². The minimum atomic E-state index is -3.80. The van der Waals surface area contributed by atoms with E-state index in [0.717, 1.165) is 11.6 Å². The van der Waals surface area contributed by atoms with Gasteiger partial charge in [0.15, 0.2) is 0 Å². The molecule has 150 valence electrons. The van der Waals surface area contributed by atoms with Crippen LogP contribution in [0.25, 0.3) is 0 Å². The van der Waals surface area contributed by atoms with Gasteiger partial charge < -0.3 is 5.73 Å². The van der Waals surface area contributed by atoms with Gasteiger partial charge in [-0.25, -0.2) is 8.42 Å². The second-order valence-electron chi connectivity index (χ2n) is 5.96. The third kappa shape index (κ3) is 4.65. The summed E-state index contributed by atoms with van der Waals surface area (Å²) in [5.41, 5.74) is 10.0. The maximum absolute atomic E-state index is 12.6. The van der Waals surface area contributed by atoms with Crippen LogP contribution >= 0.6 is 0 Å². The van der Waals surface area contributed by atoms with E-state index in [1.807, 2.05) is 6.07 Å². The van der Waals surface area contributed by atoms with Crippen LogP contribution in [0.3, 0.4) is 0 Å². The minimum absolute atomic E-state index is 0.0896. The molecule has 0 aliphatic rings. The molecule has 28 heavy (non-hydrogen) atoms. The summed E-state index contributed by atoms with van der Waals surface area (Å²) in [5, 5.41) is 15.6. The first kappa shape index (κ1) is 21.3. The van der Waals surface area contributed by atoms with E-state index in [-0.39, 0.29) is 29.4 Å². The van der Waals surface area contributed by atoms with E-state index in [1.54, 1.807) is 39.0 Å². The number of sulfonamides is 1. The summed E-state index contributed by atoms with van der Waals surface area (Å²) in [6.45, 7) is 5.69. The van der Waals surface area contributed by atoms with Crippen molar-refractivity contribution >= 4 is 32.8 Å². The van der Waals surface area contributed by atoms with Crippen molar-refractivity contribution in [1.29, 1.82) is 0 Å². The van der Waals surface area contributed by atoms with E-state index in [4.69, 9.17) is 5.73 Å². The Hall–Kier alpha value is -2.98. The lowest BCUT2D eigenvalue weighted by atomic mass is 10.1. The molecule has 3 N–H and O–H groups in total. The van der Waals surface area contributed by atoms with Gasteiger partial charge in [0, 0.05) is 24.8 Å². The number of nitro groups is 1. The predicted octanol–water partition coefficient (Wildman–Crippen LogP) is 3.04. The highest BCUT2D eigenvalue weighted by Crippen LogP contribution is 2.29. The number of rotatable bonds is 8. The van der Waals surface area contributed by atoms with Crippen molar-refractivity contribution in [2.24, 2.45) is 5.10 Å². The Morgan fingerprint density at radius 2 is 1.89 bits per heavy atom. The Balaban J connectivity index is 2.38. The van der Waals surface area contributed by atoms with Gasteiger partial charge >= 0.3 is 0 Å².